The Morgan fingerprint density at radius 1 is 1.00 bits per heavy atom. The van der Waals surface area contributed by atoms with Crippen molar-refractivity contribution in [3.05, 3.63) is 59.5 Å². The van der Waals surface area contributed by atoms with Gasteiger partial charge < -0.3 is 29.2 Å². The number of carbonyl (C=O) groups excluding carboxylic acids is 2. The van der Waals surface area contributed by atoms with E-state index in [2.05, 4.69) is 15.3 Å². The van der Waals surface area contributed by atoms with Gasteiger partial charge in [-0.2, -0.15) is 0 Å². The monoisotopic (exact) mass is 702 g/mol. The van der Waals surface area contributed by atoms with Crippen molar-refractivity contribution < 1.29 is 32.4 Å². The summed E-state index contributed by atoms with van der Waals surface area (Å²) >= 11 is 0. The fourth-order valence-corrected chi connectivity index (χ4v) is 8.58. The largest absolute Gasteiger partial charge is 0.495 e. The third-order valence-electron chi connectivity index (χ3n) is 12.3. The van der Waals surface area contributed by atoms with Gasteiger partial charge in [0.15, 0.2) is 0 Å². The Morgan fingerprint density at radius 2 is 1.65 bits per heavy atom. The number of benzene rings is 2. The van der Waals surface area contributed by atoms with Crippen LogP contribution in [0.3, 0.4) is 0 Å². The number of nitrogens with one attached hydrogen (secondary N) is 2. The zero-order chi connectivity index (χ0) is 36.5. The maximum absolute atomic E-state index is 16.8. The molecule has 3 fully saturated rings. The highest BCUT2D eigenvalue weighted by Gasteiger charge is 2.63. The summed E-state index contributed by atoms with van der Waals surface area (Å²) in [5.41, 5.74) is 2.10. The van der Waals surface area contributed by atoms with Gasteiger partial charge in [-0.15, -0.1) is 0 Å². The zero-order valence-corrected chi connectivity index (χ0v) is 30.7. The number of halogens is 2. The first-order valence-corrected chi connectivity index (χ1v) is 18.3. The molecule has 0 radical (unpaired) electrons. The smallest absolute Gasteiger partial charge is 0.453 e. The summed E-state index contributed by atoms with van der Waals surface area (Å²) in [6, 6.07) is 10.4. The first-order chi connectivity index (χ1) is 24.1. The number of likely N-dealkylation sites (tertiary alicyclic amines) is 1. The van der Waals surface area contributed by atoms with Crippen molar-refractivity contribution in [1.29, 1.82) is 0 Å². The van der Waals surface area contributed by atoms with Crippen molar-refractivity contribution in [3.63, 3.8) is 0 Å². The van der Waals surface area contributed by atoms with Crippen LogP contribution in [0.2, 0.25) is 0 Å². The van der Waals surface area contributed by atoms with Gasteiger partial charge in [0.1, 0.15) is 11.9 Å². The second kappa shape index (κ2) is 12.7. The van der Waals surface area contributed by atoms with E-state index in [1.165, 1.54) is 7.11 Å². The Morgan fingerprint density at radius 3 is 2.27 bits per heavy atom. The van der Waals surface area contributed by atoms with E-state index in [1.807, 2.05) is 77.9 Å². The summed E-state index contributed by atoms with van der Waals surface area (Å²) in [5, 5.41) is 2.68. The third kappa shape index (κ3) is 5.86. The number of aromatic amines is 1. The van der Waals surface area contributed by atoms with Gasteiger partial charge in [0.2, 0.25) is 5.91 Å². The van der Waals surface area contributed by atoms with Crippen LogP contribution < -0.4 is 10.8 Å². The highest BCUT2D eigenvalue weighted by molar-refractivity contribution is 6.62. The lowest BCUT2D eigenvalue weighted by Gasteiger charge is -2.32. The van der Waals surface area contributed by atoms with Gasteiger partial charge in [0.25, 0.3) is 5.92 Å². The maximum atomic E-state index is 16.8. The van der Waals surface area contributed by atoms with Gasteiger partial charge in [-0.3, -0.25) is 4.79 Å². The van der Waals surface area contributed by atoms with E-state index in [-0.39, 0.29) is 23.4 Å². The standard InChI is InChI=1S/C39H49BF2N4O5/c1-23(2)32(45-35(48)49-7)34(47)46-20-10-11-30(46)33-43-22-29(44-33)25-14-12-24(13-15-25)26-16-17-28(40-50-36(3,4)37(5,6)51-40)27-21-38(18-8-9-19-38)39(41,42)31(26)27/h12-17,22-23,30,32H,8-11,18-21H2,1-7H3,(H,43,44)(H,45,48). The van der Waals surface area contributed by atoms with Crippen LogP contribution in [0.5, 0.6) is 0 Å². The molecule has 3 heterocycles. The molecule has 272 valence electrons. The molecule has 2 aromatic carbocycles. The van der Waals surface area contributed by atoms with Gasteiger partial charge in [0, 0.05) is 17.5 Å². The fourth-order valence-electron chi connectivity index (χ4n) is 8.58. The van der Waals surface area contributed by atoms with Crippen molar-refractivity contribution in [3.8, 4) is 22.4 Å². The minimum absolute atomic E-state index is 0.112. The summed E-state index contributed by atoms with van der Waals surface area (Å²) in [5.74, 6) is -2.63. The van der Waals surface area contributed by atoms with Crippen molar-refractivity contribution in [1.82, 2.24) is 20.2 Å². The lowest BCUT2D eigenvalue weighted by atomic mass is 9.73. The molecule has 2 aliphatic heterocycles. The molecule has 9 nitrogen and oxygen atoms in total. The summed E-state index contributed by atoms with van der Waals surface area (Å²) in [6.45, 7) is 12.3. The number of methoxy groups -OCH3 is 1. The molecule has 1 spiro atoms. The third-order valence-corrected chi connectivity index (χ3v) is 12.3. The van der Waals surface area contributed by atoms with Crippen LogP contribution in [0.25, 0.3) is 22.4 Å². The highest BCUT2D eigenvalue weighted by Crippen LogP contribution is 2.63. The molecule has 7 rings (SSSR count). The number of ether oxygens (including phenoxy) is 1. The number of fused-ring (bicyclic) bond motifs is 1. The number of carbonyl (C=O) groups is 2. The summed E-state index contributed by atoms with van der Waals surface area (Å²) in [6.07, 6.45) is 5.58. The Bertz CT molecular complexity index is 1800. The number of alkyl halides is 2. The number of imidazole rings is 1. The number of alkyl carbamates (subject to hydrolysis) is 1. The summed E-state index contributed by atoms with van der Waals surface area (Å²) in [7, 11) is 0.562. The predicted octanol–water partition coefficient (Wildman–Crippen LogP) is 7.30. The van der Waals surface area contributed by atoms with Gasteiger partial charge in [-0.1, -0.05) is 63.1 Å². The maximum Gasteiger partial charge on any atom is 0.495 e. The number of hydrogen-bond donors (Lipinski definition) is 2. The molecule has 1 aromatic heterocycles. The molecule has 2 unspecified atom stereocenters. The number of nitrogens with zero attached hydrogens (tertiary/aromatic N) is 2. The summed E-state index contributed by atoms with van der Waals surface area (Å²) in [4.78, 5) is 35.4. The first kappa shape index (κ1) is 35.6. The minimum atomic E-state index is -2.99. The van der Waals surface area contributed by atoms with Crippen molar-refractivity contribution in [2.24, 2.45) is 11.3 Å². The van der Waals surface area contributed by atoms with E-state index in [0.29, 0.717) is 48.2 Å². The topological polar surface area (TPSA) is 106 Å². The number of hydrogen-bond acceptors (Lipinski definition) is 6. The van der Waals surface area contributed by atoms with E-state index in [0.717, 1.165) is 42.5 Å². The minimum Gasteiger partial charge on any atom is -0.453 e. The zero-order valence-electron chi connectivity index (χ0n) is 30.7. The molecule has 51 heavy (non-hydrogen) atoms. The molecule has 0 bridgehead atoms. The second-order valence-corrected chi connectivity index (χ2v) is 16.2. The Balaban J connectivity index is 1.17. The van der Waals surface area contributed by atoms with Gasteiger partial charge >= 0.3 is 13.2 Å². The van der Waals surface area contributed by atoms with E-state index in [1.54, 1.807) is 11.1 Å². The molecule has 1 saturated carbocycles. The molecule has 4 aliphatic rings. The fraction of sp³-hybridized carbons (Fsp3) is 0.564. The number of H-pyrrole nitrogens is 1. The second-order valence-electron chi connectivity index (χ2n) is 16.2. The molecule has 12 heteroatoms. The van der Waals surface area contributed by atoms with Crippen LogP contribution in [-0.2, 0) is 31.2 Å². The highest BCUT2D eigenvalue weighted by atomic mass is 19.3. The molecule has 2 atom stereocenters. The van der Waals surface area contributed by atoms with Crippen molar-refractivity contribution in [2.75, 3.05) is 13.7 Å². The van der Waals surface area contributed by atoms with Gasteiger partial charge in [-0.25, -0.2) is 18.6 Å². The van der Waals surface area contributed by atoms with Gasteiger partial charge in [-0.05, 0) is 93.4 Å². The predicted molar refractivity (Wildman–Crippen MR) is 192 cm³/mol. The van der Waals surface area contributed by atoms with Crippen LogP contribution in [0.15, 0.2) is 42.6 Å². The molecule has 2 aliphatic carbocycles. The molecular formula is C39H49BF2N4O5. The van der Waals surface area contributed by atoms with E-state index in [9.17, 15) is 9.59 Å². The molecule has 2 amide bonds. The Hall–Kier alpha value is -3.77. The Kier molecular flexibility index (Phi) is 8.89. The van der Waals surface area contributed by atoms with E-state index in [4.69, 9.17) is 14.0 Å². The molecule has 3 aromatic rings. The van der Waals surface area contributed by atoms with E-state index >= 15 is 8.78 Å². The van der Waals surface area contributed by atoms with Crippen LogP contribution in [0, 0.1) is 11.3 Å². The number of rotatable bonds is 7. The van der Waals surface area contributed by atoms with Crippen molar-refractivity contribution in [2.45, 2.75) is 116 Å². The average molecular weight is 703 g/mol. The SMILES string of the molecule is COC(=O)NC(C(=O)N1CCCC1c1ncc(-c2ccc(-c3ccc(B4OC(C)(C)C(C)(C)O4)c4c3C(F)(F)C3(CCCC3)C4)cc2)[nH]1)C(C)C. The first-order valence-electron chi connectivity index (χ1n) is 18.3. The van der Waals surface area contributed by atoms with Crippen LogP contribution in [-0.4, -0.2) is 64.9 Å². The van der Waals surface area contributed by atoms with Gasteiger partial charge in [0.05, 0.1) is 36.2 Å². The summed E-state index contributed by atoms with van der Waals surface area (Å²) < 4.78 is 51.2. The normalized spacial score (nSPS) is 23.2. The van der Waals surface area contributed by atoms with Crippen molar-refractivity contribution >= 4 is 24.6 Å². The lowest BCUT2D eigenvalue weighted by molar-refractivity contribution is -0.135. The lowest BCUT2D eigenvalue weighted by Crippen LogP contribution is -2.51. The Labute approximate surface area is 299 Å². The molecular weight excluding hydrogens is 653 g/mol. The average Bonchev–Trinajstić information content (AvgIpc) is 3.91. The molecule has 2 saturated heterocycles. The number of aromatic nitrogens is 2. The van der Waals surface area contributed by atoms with Crippen LogP contribution in [0.1, 0.15) is 103 Å². The number of amides is 2. The van der Waals surface area contributed by atoms with Crippen LogP contribution >= 0.6 is 0 Å². The van der Waals surface area contributed by atoms with E-state index < -0.39 is 41.8 Å². The quantitative estimate of drug-likeness (QED) is 0.251. The van der Waals surface area contributed by atoms with Crippen LogP contribution in [0.4, 0.5) is 13.6 Å². The molecule has 2 N–H and O–H groups in total.